The van der Waals surface area contributed by atoms with Crippen LogP contribution in [-0.2, 0) is 20.9 Å². The van der Waals surface area contributed by atoms with Gasteiger partial charge in [0.2, 0.25) is 11.8 Å². The standard InChI is InChI=1S/C18H22N2O4/c1-13(2)14-5-7-15(8-6-14)20-18(22)12-23-11-17(21)19-10-16-4-3-9-24-16/h3-9,13H,10-12H2,1-2H3,(H,19,21)(H,20,22). The molecule has 0 aliphatic heterocycles. The molecule has 1 aromatic heterocycles. The van der Waals surface area contributed by atoms with Gasteiger partial charge < -0.3 is 19.8 Å². The molecule has 2 N–H and O–H groups in total. The number of anilines is 1. The molecule has 6 nitrogen and oxygen atoms in total. The number of ether oxygens (including phenoxy) is 1. The number of rotatable bonds is 8. The number of amides is 2. The summed E-state index contributed by atoms with van der Waals surface area (Å²) < 4.78 is 10.2. The maximum absolute atomic E-state index is 11.8. The molecule has 128 valence electrons. The van der Waals surface area contributed by atoms with E-state index in [4.69, 9.17) is 9.15 Å². The number of furan rings is 1. The lowest BCUT2D eigenvalue weighted by Gasteiger charge is -2.09. The Labute approximate surface area is 141 Å². The number of hydrogen-bond acceptors (Lipinski definition) is 4. The topological polar surface area (TPSA) is 80.6 Å². The van der Waals surface area contributed by atoms with E-state index in [2.05, 4.69) is 24.5 Å². The Morgan fingerprint density at radius 3 is 2.42 bits per heavy atom. The second kappa shape index (κ2) is 8.88. The summed E-state index contributed by atoms with van der Waals surface area (Å²) in [5, 5.41) is 5.36. The predicted octanol–water partition coefficient (Wildman–Crippen LogP) is 2.67. The first-order valence-corrected chi connectivity index (χ1v) is 7.81. The molecule has 0 fully saturated rings. The molecule has 0 saturated carbocycles. The molecule has 1 aromatic carbocycles. The second-order valence-electron chi connectivity index (χ2n) is 5.67. The number of nitrogens with one attached hydrogen (secondary N) is 2. The van der Waals surface area contributed by atoms with Crippen molar-refractivity contribution >= 4 is 17.5 Å². The van der Waals surface area contributed by atoms with Crippen LogP contribution in [0, 0.1) is 0 Å². The van der Waals surface area contributed by atoms with Gasteiger partial charge >= 0.3 is 0 Å². The van der Waals surface area contributed by atoms with Crippen molar-refractivity contribution in [1.82, 2.24) is 5.32 Å². The normalized spacial score (nSPS) is 10.6. The molecule has 0 spiro atoms. The summed E-state index contributed by atoms with van der Waals surface area (Å²) in [6.07, 6.45) is 1.54. The summed E-state index contributed by atoms with van der Waals surface area (Å²) in [7, 11) is 0. The van der Waals surface area contributed by atoms with E-state index < -0.39 is 0 Å². The fraction of sp³-hybridized carbons (Fsp3) is 0.333. The lowest BCUT2D eigenvalue weighted by Crippen LogP contribution is -2.29. The minimum atomic E-state index is -0.305. The fourth-order valence-corrected chi connectivity index (χ4v) is 2.03. The fourth-order valence-electron chi connectivity index (χ4n) is 2.03. The van der Waals surface area contributed by atoms with E-state index in [9.17, 15) is 9.59 Å². The van der Waals surface area contributed by atoms with Gasteiger partial charge in [-0.25, -0.2) is 0 Å². The molecule has 6 heteroatoms. The highest BCUT2D eigenvalue weighted by Gasteiger charge is 2.07. The molecular formula is C18H22N2O4. The number of hydrogen-bond donors (Lipinski definition) is 2. The molecule has 0 saturated heterocycles. The molecule has 0 aliphatic carbocycles. The molecule has 2 amide bonds. The van der Waals surface area contributed by atoms with Crippen LogP contribution >= 0.6 is 0 Å². The van der Waals surface area contributed by atoms with Crippen LogP contribution in [-0.4, -0.2) is 25.0 Å². The van der Waals surface area contributed by atoms with Crippen molar-refractivity contribution in [3.8, 4) is 0 Å². The molecule has 0 radical (unpaired) electrons. The Kier molecular flexibility index (Phi) is 6.57. The van der Waals surface area contributed by atoms with Crippen LogP contribution in [0.25, 0.3) is 0 Å². The highest BCUT2D eigenvalue weighted by molar-refractivity contribution is 5.91. The highest BCUT2D eigenvalue weighted by atomic mass is 16.5. The first kappa shape index (κ1) is 17.7. The number of carbonyl (C=O) groups is 2. The zero-order valence-corrected chi connectivity index (χ0v) is 13.9. The van der Waals surface area contributed by atoms with Crippen LogP contribution in [0.15, 0.2) is 47.1 Å². The first-order chi connectivity index (χ1) is 11.5. The van der Waals surface area contributed by atoms with Crippen molar-refractivity contribution in [2.24, 2.45) is 0 Å². The van der Waals surface area contributed by atoms with Gasteiger partial charge in [0, 0.05) is 5.69 Å². The minimum absolute atomic E-state index is 0.180. The smallest absolute Gasteiger partial charge is 0.250 e. The van der Waals surface area contributed by atoms with Crippen molar-refractivity contribution in [2.75, 3.05) is 18.5 Å². The Morgan fingerprint density at radius 1 is 1.08 bits per heavy atom. The second-order valence-corrected chi connectivity index (χ2v) is 5.67. The van der Waals surface area contributed by atoms with E-state index in [1.807, 2.05) is 24.3 Å². The van der Waals surface area contributed by atoms with Crippen LogP contribution in [0.1, 0.15) is 31.1 Å². The van der Waals surface area contributed by atoms with Crippen LogP contribution in [0.5, 0.6) is 0 Å². The summed E-state index contributed by atoms with van der Waals surface area (Å²) in [5.41, 5.74) is 1.91. The van der Waals surface area contributed by atoms with Gasteiger partial charge in [-0.2, -0.15) is 0 Å². The van der Waals surface area contributed by atoms with Gasteiger partial charge in [-0.1, -0.05) is 26.0 Å². The van der Waals surface area contributed by atoms with Crippen molar-refractivity contribution in [1.29, 1.82) is 0 Å². The van der Waals surface area contributed by atoms with E-state index in [1.54, 1.807) is 12.1 Å². The number of benzene rings is 1. The van der Waals surface area contributed by atoms with E-state index in [0.717, 1.165) is 0 Å². The zero-order valence-electron chi connectivity index (χ0n) is 13.9. The van der Waals surface area contributed by atoms with Gasteiger partial charge in [0.25, 0.3) is 0 Å². The van der Waals surface area contributed by atoms with E-state index in [1.165, 1.54) is 11.8 Å². The molecular weight excluding hydrogens is 308 g/mol. The summed E-state index contributed by atoms with van der Waals surface area (Å²) >= 11 is 0. The summed E-state index contributed by atoms with van der Waals surface area (Å²) in [4.78, 5) is 23.3. The SMILES string of the molecule is CC(C)c1ccc(NC(=O)COCC(=O)NCc2ccco2)cc1. The Bertz CT molecular complexity index is 648. The third kappa shape index (κ3) is 5.89. The van der Waals surface area contributed by atoms with E-state index >= 15 is 0 Å². The monoisotopic (exact) mass is 330 g/mol. The van der Waals surface area contributed by atoms with E-state index in [-0.39, 0.29) is 25.0 Å². The first-order valence-electron chi connectivity index (χ1n) is 7.81. The van der Waals surface area contributed by atoms with Crippen LogP contribution in [0.4, 0.5) is 5.69 Å². The van der Waals surface area contributed by atoms with Gasteiger partial charge in [0.1, 0.15) is 19.0 Å². The predicted molar refractivity (Wildman–Crippen MR) is 90.5 cm³/mol. The molecule has 2 rings (SSSR count). The number of carbonyl (C=O) groups excluding carboxylic acids is 2. The third-order valence-electron chi connectivity index (χ3n) is 3.37. The average molecular weight is 330 g/mol. The van der Waals surface area contributed by atoms with Gasteiger partial charge in [-0.05, 0) is 35.7 Å². The molecule has 24 heavy (non-hydrogen) atoms. The van der Waals surface area contributed by atoms with E-state index in [0.29, 0.717) is 23.9 Å². The van der Waals surface area contributed by atoms with Crippen LogP contribution in [0.3, 0.4) is 0 Å². The van der Waals surface area contributed by atoms with Crippen molar-refractivity contribution in [3.05, 3.63) is 54.0 Å². The molecule has 0 bridgehead atoms. The minimum Gasteiger partial charge on any atom is -0.467 e. The maximum Gasteiger partial charge on any atom is 0.250 e. The quantitative estimate of drug-likeness (QED) is 0.780. The third-order valence-corrected chi connectivity index (χ3v) is 3.37. The summed E-state index contributed by atoms with van der Waals surface area (Å²) in [5.74, 6) is 0.496. The summed E-state index contributed by atoms with van der Waals surface area (Å²) in [6, 6.07) is 11.2. The largest absolute Gasteiger partial charge is 0.467 e. The molecule has 0 unspecified atom stereocenters. The van der Waals surface area contributed by atoms with Crippen molar-refractivity contribution < 1.29 is 18.7 Å². The Morgan fingerprint density at radius 2 is 1.79 bits per heavy atom. The lowest BCUT2D eigenvalue weighted by atomic mass is 10.0. The Balaban J connectivity index is 1.64. The van der Waals surface area contributed by atoms with Gasteiger partial charge in [0.05, 0.1) is 12.8 Å². The molecule has 0 atom stereocenters. The lowest BCUT2D eigenvalue weighted by molar-refractivity contribution is -0.128. The molecule has 1 heterocycles. The zero-order chi connectivity index (χ0) is 17.4. The van der Waals surface area contributed by atoms with Crippen molar-refractivity contribution in [2.45, 2.75) is 26.3 Å². The average Bonchev–Trinajstić information content (AvgIpc) is 3.07. The highest BCUT2D eigenvalue weighted by Crippen LogP contribution is 2.16. The van der Waals surface area contributed by atoms with Crippen LogP contribution < -0.4 is 10.6 Å². The van der Waals surface area contributed by atoms with Gasteiger partial charge in [-0.3, -0.25) is 9.59 Å². The molecule has 2 aromatic rings. The molecule has 0 aliphatic rings. The Hall–Kier alpha value is -2.60. The van der Waals surface area contributed by atoms with Crippen molar-refractivity contribution in [3.63, 3.8) is 0 Å². The van der Waals surface area contributed by atoms with Gasteiger partial charge in [0.15, 0.2) is 0 Å². The maximum atomic E-state index is 11.8. The summed E-state index contributed by atoms with van der Waals surface area (Å²) in [6.45, 7) is 4.15. The van der Waals surface area contributed by atoms with Gasteiger partial charge in [-0.15, -0.1) is 0 Å². The van der Waals surface area contributed by atoms with Crippen LogP contribution in [0.2, 0.25) is 0 Å².